The predicted octanol–water partition coefficient (Wildman–Crippen LogP) is 4.33. The Labute approximate surface area is 194 Å². The number of benzene rings is 1. The third-order valence-corrected chi connectivity index (χ3v) is 6.93. The number of carbonyl (C=O) groups is 1. The summed E-state index contributed by atoms with van der Waals surface area (Å²) < 4.78 is 23.5. The molecule has 5 rings (SSSR count). The van der Waals surface area contributed by atoms with E-state index in [0.717, 1.165) is 26.0 Å². The second-order valence-corrected chi connectivity index (χ2v) is 10.5. The van der Waals surface area contributed by atoms with E-state index in [2.05, 4.69) is 10.2 Å². The first-order valence-corrected chi connectivity index (χ1v) is 11.7. The van der Waals surface area contributed by atoms with Crippen molar-refractivity contribution in [1.82, 2.24) is 24.5 Å². The number of halogens is 1. The number of aromatic nitrogens is 4. The van der Waals surface area contributed by atoms with Gasteiger partial charge in [0.2, 0.25) is 0 Å². The number of aliphatic hydroxyl groups is 1. The minimum atomic E-state index is -0.637. The first kappa shape index (κ1) is 21.8. The number of thiophene rings is 1. The molecule has 1 amide bonds. The molecule has 1 aliphatic rings. The SMILES string of the molecule is Cn1cc2cc(-c3cc4cnn([C@@H]5CN(C(=O)OC(C)(C)C)CC[C@H]5O)c4s3)cc(F)c2n1. The van der Waals surface area contributed by atoms with Gasteiger partial charge in [-0.3, -0.25) is 4.68 Å². The number of rotatable bonds is 2. The summed E-state index contributed by atoms with van der Waals surface area (Å²) in [5.41, 5.74) is 0.524. The summed E-state index contributed by atoms with van der Waals surface area (Å²) in [4.78, 5) is 16.0. The van der Waals surface area contributed by atoms with Gasteiger partial charge in [0.15, 0.2) is 5.82 Å². The smallest absolute Gasteiger partial charge is 0.410 e. The van der Waals surface area contributed by atoms with E-state index < -0.39 is 23.8 Å². The van der Waals surface area contributed by atoms with Crippen LogP contribution in [0.3, 0.4) is 0 Å². The van der Waals surface area contributed by atoms with Crippen molar-refractivity contribution in [2.75, 3.05) is 13.1 Å². The summed E-state index contributed by atoms with van der Waals surface area (Å²) in [7, 11) is 1.77. The van der Waals surface area contributed by atoms with E-state index in [0.29, 0.717) is 25.0 Å². The summed E-state index contributed by atoms with van der Waals surface area (Å²) >= 11 is 1.48. The molecule has 4 aromatic rings. The Morgan fingerprint density at radius 1 is 1.27 bits per heavy atom. The highest BCUT2D eigenvalue weighted by Gasteiger charge is 2.35. The zero-order chi connectivity index (χ0) is 23.5. The van der Waals surface area contributed by atoms with Crippen molar-refractivity contribution in [3.05, 3.63) is 36.4 Å². The molecule has 0 aliphatic carbocycles. The lowest BCUT2D eigenvalue weighted by Crippen LogP contribution is -2.48. The van der Waals surface area contributed by atoms with Crippen LogP contribution in [0.15, 0.2) is 30.6 Å². The van der Waals surface area contributed by atoms with Gasteiger partial charge in [0, 0.05) is 42.0 Å². The molecule has 1 saturated heterocycles. The summed E-state index contributed by atoms with van der Waals surface area (Å²) in [6.07, 6.45) is 2.94. The third-order valence-electron chi connectivity index (χ3n) is 5.74. The number of hydrogen-bond donors (Lipinski definition) is 1. The normalized spacial score (nSPS) is 19.5. The molecular formula is C23H26FN5O3S. The van der Waals surface area contributed by atoms with Crippen LogP contribution < -0.4 is 0 Å². The molecule has 1 aromatic carbocycles. The standard InChI is InChI=1S/C23H26FN5O3S/c1-23(2,3)32-22(31)28-6-5-18(30)17(12-28)29-21-14(10-25-29)9-19(33-21)13-7-15-11-27(4)26-20(15)16(24)8-13/h7-11,17-18,30H,5-6,12H2,1-4H3/t17-,18-/m1/s1. The molecule has 1 N–H and O–H groups in total. The largest absolute Gasteiger partial charge is 0.444 e. The number of fused-ring (bicyclic) bond motifs is 2. The maximum atomic E-state index is 14.6. The van der Waals surface area contributed by atoms with Gasteiger partial charge in [-0.1, -0.05) is 0 Å². The fourth-order valence-electron chi connectivity index (χ4n) is 4.23. The van der Waals surface area contributed by atoms with E-state index in [1.165, 1.54) is 17.4 Å². The Morgan fingerprint density at radius 3 is 2.82 bits per heavy atom. The van der Waals surface area contributed by atoms with Gasteiger partial charge in [-0.15, -0.1) is 11.3 Å². The molecule has 0 unspecified atom stereocenters. The predicted molar refractivity (Wildman–Crippen MR) is 125 cm³/mol. The zero-order valence-electron chi connectivity index (χ0n) is 18.9. The van der Waals surface area contributed by atoms with Gasteiger partial charge >= 0.3 is 6.09 Å². The zero-order valence-corrected chi connectivity index (χ0v) is 19.8. The Bertz CT molecular complexity index is 1350. The number of nitrogens with zero attached hydrogens (tertiary/aromatic N) is 5. The third kappa shape index (κ3) is 4.08. The van der Waals surface area contributed by atoms with Crippen molar-refractivity contribution in [3.63, 3.8) is 0 Å². The molecule has 4 heterocycles. The van der Waals surface area contributed by atoms with E-state index in [4.69, 9.17) is 4.74 Å². The molecule has 0 spiro atoms. The van der Waals surface area contributed by atoms with E-state index in [9.17, 15) is 14.3 Å². The summed E-state index contributed by atoms with van der Waals surface area (Å²) in [5, 5.41) is 21.0. The molecule has 2 atom stereocenters. The van der Waals surface area contributed by atoms with E-state index in [-0.39, 0.29) is 5.82 Å². The van der Waals surface area contributed by atoms with Crippen LogP contribution in [-0.4, -0.2) is 60.5 Å². The minimum Gasteiger partial charge on any atom is -0.444 e. The lowest BCUT2D eigenvalue weighted by atomic mass is 10.0. The van der Waals surface area contributed by atoms with E-state index in [1.54, 1.807) is 33.7 Å². The first-order chi connectivity index (χ1) is 15.6. The number of aryl methyl sites for hydroxylation is 1. The molecule has 0 saturated carbocycles. The van der Waals surface area contributed by atoms with Crippen molar-refractivity contribution in [3.8, 4) is 10.4 Å². The topological polar surface area (TPSA) is 85.4 Å². The second kappa shape index (κ2) is 7.81. The fourth-order valence-corrected chi connectivity index (χ4v) is 5.36. The fraction of sp³-hybridized carbons (Fsp3) is 0.435. The van der Waals surface area contributed by atoms with Crippen LogP contribution in [-0.2, 0) is 11.8 Å². The van der Waals surface area contributed by atoms with Crippen molar-refractivity contribution in [1.29, 1.82) is 0 Å². The number of hydrogen-bond acceptors (Lipinski definition) is 6. The lowest BCUT2D eigenvalue weighted by molar-refractivity contribution is -0.00662. The molecule has 3 aromatic heterocycles. The molecular weight excluding hydrogens is 445 g/mol. The van der Waals surface area contributed by atoms with Crippen LogP contribution in [0.1, 0.15) is 33.2 Å². The number of amides is 1. The summed E-state index contributed by atoms with van der Waals surface area (Å²) in [6, 6.07) is 5.00. The Balaban J connectivity index is 1.47. The molecule has 0 bridgehead atoms. The van der Waals surface area contributed by atoms with Gasteiger partial charge in [0.25, 0.3) is 0 Å². The van der Waals surface area contributed by atoms with Gasteiger partial charge in [-0.05, 0) is 51.0 Å². The Hall–Kier alpha value is -2.98. The number of ether oxygens (including phenoxy) is 1. The summed E-state index contributed by atoms with van der Waals surface area (Å²) in [5.74, 6) is -0.363. The van der Waals surface area contributed by atoms with Gasteiger partial charge in [-0.25, -0.2) is 13.9 Å². The van der Waals surface area contributed by atoms with Crippen LogP contribution in [0.25, 0.3) is 31.6 Å². The van der Waals surface area contributed by atoms with Crippen LogP contribution >= 0.6 is 11.3 Å². The van der Waals surface area contributed by atoms with Crippen LogP contribution in [0.2, 0.25) is 0 Å². The highest BCUT2D eigenvalue weighted by molar-refractivity contribution is 7.21. The highest BCUT2D eigenvalue weighted by Crippen LogP contribution is 2.37. The maximum Gasteiger partial charge on any atom is 0.410 e. The van der Waals surface area contributed by atoms with Gasteiger partial charge in [0.05, 0.1) is 18.3 Å². The van der Waals surface area contributed by atoms with Crippen LogP contribution in [0.5, 0.6) is 0 Å². The first-order valence-electron chi connectivity index (χ1n) is 10.9. The second-order valence-electron chi connectivity index (χ2n) is 9.51. The summed E-state index contributed by atoms with van der Waals surface area (Å²) in [6.45, 7) is 6.22. The van der Waals surface area contributed by atoms with Gasteiger partial charge in [0.1, 0.15) is 15.9 Å². The molecule has 10 heteroatoms. The minimum absolute atomic E-state index is 0.302. The molecule has 8 nitrogen and oxygen atoms in total. The monoisotopic (exact) mass is 471 g/mol. The quantitative estimate of drug-likeness (QED) is 0.470. The molecule has 33 heavy (non-hydrogen) atoms. The van der Waals surface area contributed by atoms with Crippen LogP contribution in [0.4, 0.5) is 9.18 Å². The van der Waals surface area contributed by atoms with Crippen LogP contribution in [0, 0.1) is 5.82 Å². The van der Waals surface area contributed by atoms with Crippen molar-refractivity contribution in [2.24, 2.45) is 7.05 Å². The number of piperidine rings is 1. The number of aliphatic hydroxyl groups excluding tert-OH is 1. The average Bonchev–Trinajstić information content (AvgIpc) is 3.40. The molecule has 0 radical (unpaired) electrons. The van der Waals surface area contributed by atoms with Crippen molar-refractivity contribution >= 4 is 38.5 Å². The maximum absolute atomic E-state index is 14.6. The molecule has 1 fully saturated rings. The Morgan fingerprint density at radius 2 is 2.06 bits per heavy atom. The van der Waals surface area contributed by atoms with E-state index in [1.807, 2.05) is 32.9 Å². The highest BCUT2D eigenvalue weighted by atomic mass is 32.1. The van der Waals surface area contributed by atoms with Gasteiger partial charge < -0.3 is 14.7 Å². The molecule has 1 aliphatic heterocycles. The van der Waals surface area contributed by atoms with Crippen molar-refractivity contribution in [2.45, 2.75) is 44.9 Å². The van der Waals surface area contributed by atoms with Crippen molar-refractivity contribution < 1.29 is 19.0 Å². The number of carbonyl (C=O) groups excluding carboxylic acids is 1. The van der Waals surface area contributed by atoms with E-state index >= 15 is 0 Å². The van der Waals surface area contributed by atoms with Gasteiger partial charge in [-0.2, -0.15) is 10.2 Å². The molecule has 174 valence electrons. The Kier molecular flexibility index (Phi) is 5.17. The lowest BCUT2D eigenvalue weighted by Gasteiger charge is -2.37. The average molecular weight is 472 g/mol. The number of likely N-dealkylation sites (tertiary alicyclic amines) is 1.